The molecule has 69 valence electrons. The largest absolute Gasteiger partial charge is 0.475 e. The van der Waals surface area contributed by atoms with E-state index in [-0.39, 0.29) is 32.7 Å². The third-order valence-electron chi connectivity index (χ3n) is 1.51. The summed E-state index contributed by atoms with van der Waals surface area (Å²) in [5.74, 6) is -1.19. The first-order valence-corrected chi connectivity index (χ1v) is 3.64. The van der Waals surface area contributed by atoms with Gasteiger partial charge in [0.25, 0.3) is 0 Å². The summed E-state index contributed by atoms with van der Waals surface area (Å²) in [6.07, 6.45) is 2.49. The van der Waals surface area contributed by atoms with Gasteiger partial charge in [0, 0.05) is 32.7 Å². The van der Waals surface area contributed by atoms with Crippen molar-refractivity contribution in [2.75, 3.05) is 6.61 Å². The molecule has 0 spiro atoms. The Morgan fingerprint density at radius 3 is 2.92 bits per heavy atom. The molecule has 0 aromatic carbocycles. The van der Waals surface area contributed by atoms with E-state index in [4.69, 9.17) is 0 Å². The first kappa shape index (κ1) is 12.8. The number of cyclic esters (lactones) is 1. The first-order valence-electron chi connectivity index (χ1n) is 3.64. The van der Waals surface area contributed by atoms with Crippen LogP contribution < -0.4 is 0 Å². The Labute approximate surface area is 102 Å². The molecule has 0 aliphatic carbocycles. The van der Waals surface area contributed by atoms with Gasteiger partial charge in [0.2, 0.25) is 0 Å². The van der Waals surface area contributed by atoms with Crippen LogP contribution in [0.5, 0.6) is 0 Å². The van der Waals surface area contributed by atoms with Crippen LogP contribution in [-0.4, -0.2) is 24.6 Å². The van der Waals surface area contributed by atoms with Crippen molar-refractivity contribution >= 4 is 11.9 Å². The van der Waals surface area contributed by atoms with E-state index in [0.29, 0.717) is 13.0 Å². The smallest absolute Gasteiger partial charge is 0.347 e. The molecule has 0 bridgehead atoms. The molecule has 1 unspecified atom stereocenters. The Morgan fingerprint density at radius 2 is 2.38 bits per heavy atom. The van der Waals surface area contributed by atoms with E-state index in [2.05, 4.69) is 16.1 Å². The number of hydrogen-bond acceptors (Lipinski definition) is 4. The van der Waals surface area contributed by atoms with Gasteiger partial charge in [0.1, 0.15) is 5.97 Å². The van der Waals surface area contributed by atoms with E-state index in [1.807, 2.05) is 6.08 Å². The summed E-state index contributed by atoms with van der Waals surface area (Å²) in [6, 6.07) is 0. The zero-order chi connectivity index (χ0) is 8.97. The molecule has 1 fully saturated rings. The summed E-state index contributed by atoms with van der Waals surface area (Å²) in [7, 11) is 0. The molecule has 4 nitrogen and oxygen atoms in total. The van der Waals surface area contributed by atoms with Crippen LogP contribution in [0.3, 0.4) is 0 Å². The minimum atomic E-state index is -0.763. The van der Waals surface area contributed by atoms with Crippen LogP contribution in [0.4, 0.5) is 0 Å². The minimum Gasteiger partial charge on any atom is -0.475 e. The van der Waals surface area contributed by atoms with Crippen LogP contribution in [0.25, 0.3) is 0 Å². The van der Waals surface area contributed by atoms with Gasteiger partial charge in [-0.1, -0.05) is 0 Å². The van der Waals surface area contributed by atoms with Gasteiger partial charge in [-0.2, -0.15) is 0 Å². The SMILES string of the molecule is C=[C-]C(=O)OC1CCCOC1=O.[Y]. The quantitative estimate of drug-likeness (QED) is 0.404. The Morgan fingerprint density at radius 1 is 1.69 bits per heavy atom. The molecule has 0 saturated carbocycles. The maximum atomic E-state index is 10.9. The van der Waals surface area contributed by atoms with Crippen LogP contribution >= 0.6 is 0 Å². The average molecular weight is 258 g/mol. The number of carbonyl (C=O) groups excluding carboxylic acids is 2. The van der Waals surface area contributed by atoms with Crippen LogP contribution in [0, 0.1) is 6.08 Å². The fraction of sp³-hybridized carbons (Fsp3) is 0.500. The summed E-state index contributed by atoms with van der Waals surface area (Å²) >= 11 is 0. The molecule has 1 aliphatic heterocycles. The summed E-state index contributed by atoms with van der Waals surface area (Å²) in [4.78, 5) is 21.5. The normalized spacial score (nSPS) is 20.9. The van der Waals surface area contributed by atoms with E-state index in [1.165, 1.54) is 0 Å². The topological polar surface area (TPSA) is 52.6 Å². The van der Waals surface area contributed by atoms with E-state index in [9.17, 15) is 9.59 Å². The summed E-state index contributed by atoms with van der Waals surface area (Å²) in [5, 5.41) is 0. The molecule has 1 radical (unpaired) electrons. The van der Waals surface area contributed by atoms with Gasteiger partial charge in [0.15, 0.2) is 6.10 Å². The molecule has 13 heavy (non-hydrogen) atoms. The number of ether oxygens (including phenoxy) is 2. The van der Waals surface area contributed by atoms with Crippen LogP contribution in [0.2, 0.25) is 0 Å². The van der Waals surface area contributed by atoms with Crippen LogP contribution in [-0.2, 0) is 51.8 Å². The van der Waals surface area contributed by atoms with E-state index in [0.717, 1.165) is 6.42 Å². The van der Waals surface area contributed by atoms with Crippen molar-refractivity contribution in [3.63, 3.8) is 0 Å². The van der Waals surface area contributed by atoms with Crippen molar-refractivity contribution in [3.05, 3.63) is 12.7 Å². The summed E-state index contributed by atoms with van der Waals surface area (Å²) in [6.45, 7) is 3.51. The van der Waals surface area contributed by atoms with Crippen molar-refractivity contribution in [2.24, 2.45) is 0 Å². The number of esters is 2. The van der Waals surface area contributed by atoms with Gasteiger partial charge in [-0.05, 0) is 12.8 Å². The fourth-order valence-electron chi connectivity index (χ4n) is 0.930. The molecule has 1 heterocycles. The van der Waals surface area contributed by atoms with Crippen LogP contribution in [0.1, 0.15) is 12.8 Å². The van der Waals surface area contributed by atoms with Crippen molar-refractivity contribution in [1.82, 2.24) is 0 Å². The standard InChI is InChI=1S/C8H9O4.Y/c1-2-7(9)12-6-4-3-5-11-8(6)10;/h6H,1,3-5H2;/q-1;. The van der Waals surface area contributed by atoms with Crippen molar-refractivity contribution in [1.29, 1.82) is 0 Å². The summed E-state index contributed by atoms with van der Waals surface area (Å²) in [5.41, 5.74) is 0. The molecule has 1 rings (SSSR count). The van der Waals surface area contributed by atoms with E-state index < -0.39 is 18.0 Å². The predicted molar refractivity (Wildman–Crippen MR) is 38.9 cm³/mol. The van der Waals surface area contributed by atoms with Crippen molar-refractivity contribution in [3.8, 4) is 0 Å². The Balaban J connectivity index is 0.00000144. The van der Waals surface area contributed by atoms with E-state index >= 15 is 0 Å². The maximum Gasteiger partial charge on any atom is 0.347 e. The number of carbonyl (C=O) groups is 2. The third-order valence-corrected chi connectivity index (χ3v) is 1.51. The molecule has 1 atom stereocenters. The zero-order valence-electron chi connectivity index (χ0n) is 7.12. The molecule has 0 amide bonds. The van der Waals surface area contributed by atoms with Gasteiger partial charge in [-0.25, -0.2) is 4.79 Å². The van der Waals surface area contributed by atoms with Gasteiger partial charge < -0.3 is 15.5 Å². The molecule has 0 aromatic rings. The van der Waals surface area contributed by atoms with Gasteiger partial charge in [0.05, 0.1) is 6.61 Å². The monoisotopic (exact) mass is 258 g/mol. The molecule has 0 N–H and O–H groups in total. The first-order chi connectivity index (χ1) is 5.74. The maximum absolute atomic E-state index is 10.9. The van der Waals surface area contributed by atoms with Crippen LogP contribution in [0.15, 0.2) is 6.58 Å². The second kappa shape index (κ2) is 6.27. The summed E-state index contributed by atoms with van der Waals surface area (Å²) < 4.78 is 9.34. The van der Waals surface area contributed by atoms with E-state index in [1.54, 1.807) is 0 Å². The van der Waals surface area contributed by atoms with Crippen molar-refractivity contribution < 1.29 is 51.8 Å². The second-order valence-corrected chi connectivity index (χ2v) is 2.38. The third kappa shape index (κ3) is 4.00. The second-order valence-electron chi connectivity index (χ2n) is 2.38. The zero-order valence-corrected chi connectivity index (χ0v) is 9.95. The van der Waals surface area contributed by atoms with Gasteiger partial charge in [-0.15, -0.1) is 0 Å². The predicted octanol–water partition coefficient (Wildman–Crippen LogP) is 0.222. The molecular formula is C8H9O4Y-. The minimum absolute atomic E-state index is 0. The Bertz CT molecular complexity index is 214. The average Bonchev–Trinajstić information content (AvgIpc) is 2.09. The molecule has 1 aliphatic rings. The van der Waals surface area contributed by atoms with Gasteiger partial charge in [-0.3, -0.25) is 11.4 Å². The molecular weight excluding hydrogens is 249 g/mol. The molecule has 5 heteroatoms. The van der Waals surface area contributed by atoms with Gasteiger partial charge >= 0.3 is 5.97 Å². The molecule has 0 aromatic heterocycles. The molecule has 1 saturated heterocycles. The number of hydrogen-bond donors (Lipinski definition) is 0. The number of rotatable bonds is 2. The fourth-order valence-corrected chi connectivity index (χ4v) is 0.930. The Kier molecular flexibility index (Phi) is 6.17. The van der Waals surface area contributed by atoms with Crippen molar-refractivity contribution in [2.45, 2.75) is 18.9 Å². The Hall–Kier alpha value is -0.216.